The van der Waals surface area contributed by atoms with Crippen LogP contribution in [0, 0.1) is 0 Å². The molecule has 2 atom stereocenters. The number of hydrogen-bond donors (Lipinski definition) is 1. The van der Waals surface area contributed by atoms with Crippen LogP contribution in [-0.2, 0) is 32.1 Å². The van der Waals surface area contributed by atoms with Crippen LogP contribution in [0.4, 0.5) is 0 Å². The predicted molar refractivity (Wildman–Crippen MR) is 167 cm³/mol. The molecule has 1 fully saturated rings. The van der Waals surface area contributed by atoms with E-state index in [-0.39, 0.29) is 55.5 Å². The molecule has 6 rings (SSSR count). The first kappa shape index (κ1) is 32.8. The number of likely N-dealkylation sites (tertiary alicyclic amines) is 1. The van der Waals surface area contributed by atoms with Gasteiger partial charge in [0.05, 0.1) is 39.5 Å². The zero-order valence-corrected chi connectivity index (χ0v) is 26.5. The number of nitrogens with one attached hydrogen (secondary N) is 1. The molecule has 0 unspecified atom stereocenters. The maximum Gasteiger partial charge on any atom is 0.289 e. The number of hydrogen-bond acceptors (Lipinski definition) is 9. The summed E-state index contributed by atoms with van der Waals surface area (Å²) < 4.78 is 33.9. The third kappa shape index (κ3) is 8.38. The smallest absolute Gasteiger partial charge is 0.289 e. The van der Waals surface area contributed by atoms with Crippen molar-refractivity contribution >= 4 is 17.7 Å². The molecule has 4 heterocycles. The fraction of sp³-hybridized carbons (Fsp3) is 0.441. The molecule has 3 aliphatic heterocycles. The summed E-state index contributed by atoms with van der Waals surface area (Å²) in [6, 6.07) is 15.8. The lowest BCUT2D eigenvalue weighted by molar-refractivity contribution is -0.137. The molecule has 1 N–H and O–H groups in total. The number of piperidine rings is 1. The Kier molecular flexibility index (Phi) is 11.2. The molecule has 0 spiro atoms. The van der Waals surface area contributed by atoms with Gasteiger partial charge in [-0.3, -0.25) is 14.4 Å². The Bertz CT molecular complexity index is 1510. The lowest BCUT2D eigenvalue weighted by Crippen LogP contribution is -2.58. The molecular formula is C34H41N3O9. The zero-order valence-electron chi connectivity index (χ0n) is 26.5. The number of nitrogens with zero attached hydrogens (tertiary/aromatic N) is 2. The van der Waals surface area contributed by atoms with Gasteiger partial charge >= 0.3 is 0 Å². The Balaban J connectivity index is 1.40. The van der Waals surface area contributed by atoms with Crippen molar-refractivity contribution in [2.75, 3.05) is 54.1 Å². The van der Waals surface area contributed by atoms with Gasteiger partial charge in [-0.2, -0.15) is 0 Å². The van der Waals surface area contributed by atoms with E-state index in [0.717, 1.165) is 11.1 Å². The maximum atomic E-state index is 13.5. The van der Waals surface area contributed by atoms with E-state index in [4.69, 9.17) is 28.1 Å². The number of carbonyl (C=O) groups excluding carboxylic acids is 3. The molecule has 3 amide bonds. The highest BCUT2D eigenvalue weighted by atomic mass is 16.6. The third-order valence-electron chi connectivity index (χ3n) is 8.09. The van der Waals surface area contributed by atoms with Gasteiger partial charge in [0.25, 0.3) is 11.9 Å². The summed E-state index contributed by atoms with van der Waals surface area (Å²) in [6.45, 7) is 1.55. The number of fused-ring (bicyclic) bond motifs is 9. The predicted octanol–water partition coefficient (Wildman–Crippen LogP) is 3.82. The van der Waals surface area contributed by atoms with E-state index >= 15 is 0 Å². The van der Waals surface area contributed by atoms with Gasteiger partial charge in [-0.15, -0.1) is 0 Å². The van der Waals surface area contributed by atoms with Gasteiger partial charge < -0.3 is 43.2 Å². The lowest BCUT2D eigenvalue weighted by atomic mass is 10.0. The second kappa shape index (κ2) is 15.6. The van der Waals surface area contributed by atoms with Crippen molar-refractivity contribution in [1.82, 2.24) is 15.1 Å². The number of ether oxygens (including phenoxy) is 5. The van der Waals surface area contributed by atoms with Gasteiger partial charge in [-0.1, -0.05) is 18.2 Å². The summed E-state index contributed by atoms with van der Waals surface area (Å²) in [6.07, 6.45) is 1.33. The van der Waals surface area contributed by atoms with E-state index in [2.05, 4.69) is 5.32 Å². The molecule has 246 valence electrons. The molecule has 3 aromatic rings. The van der Waals surface area contributed by atoms with Gasteiger partial charge in [-0.05, 0) is 60.7 Å². The summed E-state index contributed by atoms with van der Waals surface area (Å²) in [7, 11) is 4.64. The Morgan fingerprint density at radius 2 is 1.87 bits per heavy atom. The van der Waals surface area contributed by atoms with Crippen LogP contribution >= 0.6 is 0 Å². The monoisotopic (exact) mass is 635 g/mol. The van der Waals surface area contributed by atoms with Crippen molar-refractivity contribution in [2.24, 2.45) is 0 Å². The van der Waals surface area contributed by atoms with Crippen molar-refractivity contribution in [3.8, 4) is 23.2 Å². The molecule has 3 aliphatic rings. The van der Waals surface area contributed by atoms with Crippen LogP contribution < -0.4 is 19.5 Å². The van der Waals surface area contributed by atoms with Crippen molar-refractivity contribution in [3.05, 3.63) is 71.5 Å². The van der Waals surface area contributed by atoms with Gasteiger partial charge in [0.15, 0.2) is 17.3 Å². The molecule has 12 nitrogen and oxygen atoms in total. The Hall–Kier alpha value is -4.55. The molecule has 0 aliphatic carbocycles. The van der Waals surface area contributed by atoms with Gasteiger partial charge in [-0.25, -0.2) is 0 Å². The summed E-state index contributed by atoms with van der Waals surface area (Å²) in [5, 5.41) is 3.06. The fourth-order valence-corrected chi connectivity index (χ4v) is 5.66. The number of furan rings is 1. The van der Waals surface area contributed by atoms with Crippen LogP contribution in [0.25, 0.3) is 0 Å². The average molecular weight is 636 g/mol. The quantitative estimate of drug-likeness (QED) is 0.386. The van der Waals surface area contributed by atoms with Gasteiger partial charge in [0.1, 0.15) is 5.75 Å². The Morgan fingerprint density at radius 3 is 2.65 bits per heavy atom. The topological polar surface area (TPSA) is 129 Å². The van der Waals surface area contributed by atoms with Crippen LogP contribution in [0.5, 0.6) is 23.2 Å². The summed E-state index contributed by atoms with van der Waals surface area (Å²) >= 11 is 0. The molecule has 12 heteroatoms. The minimum absolute atomic E-state index is 0.132. The largest absolute Gasteiger partial charge is 0.493 e. The van der Waals surface area contributed by atoms with Crippen molar-refractivity contribution in [2.45, 2.75) is 44.4 Å². The van der Waals surface area contributed by atoms with E-state index in [0.29, 0.717) is 56.2 Å². The normalized spacial score (nSPS) is 19.3. The lowest BCUT2D eigenvalue weighted by Gasteiger charge is -2.38. The minimum Gasteiger partial charge on any atom is -0.493 e. The van der Waals surface area contributed by atoms with Gasteiger partial charge in [0, 0.05) is 45.8 Å². The van der Waals surface area contributed by atoms with E-state index in [1.54, 1.807) is 36.2 Å². The van der Waals surface area contributed by atoms with Crippen LogP contribution in [0.2, 0.25) is 0 Å². The highest BCUT2D eigenvalue weighted by Gasteiger charge is 2.35. The number of benzene rings is 2. The summed E-state index contributed by atoms with van der Waals surface area (Å²) in [5.74, 6) is 1.31. The van der Waals surface area contributed by atoms with Crippen molar-refractivity contribution in [1.29, 1.82) is 0 Å². The van der Waals surface area contributed by atoms with E-state index in [9.17, 15) is 14.4 Å². The molecular weight excluding hydrogens is 594 g/mol. The van der Waals surface area contributed by atoms with Crippen molar-refractivity contribution < 1.29 is 42.5 Å². The Morgan fingerprint density at radius 1 is 1.00 bits per heavy atom. The molecule has 46 heavy (non-hydrogen) atoms. The minimum atomic E-state index is -0.529. The molecule has 2 aromatic carbocycles. The molecule has 1 saturated heterocycles. The maximum absolute atomic E-state index is 13.5. The van der Waals surface area contributed by atoms with E-state index < -0.39 is 12.1 Å². The second-order valence-corrected chi connectivity index (χ2v) is 11.3. The average Bonchev–Trinajstić information content (AvgIpc) is 3.56. The van der Waals surface area contributed by atoms with Crippen LogP contribution in [0.15, 0.2) is 59.0 Å². The Labute approximate surface area is 268 Å². The van der Waals surface area contributed by atoms with Crippen LogP contribution in [0.1, 0.15) is 40.9 Å². The van der Waals surface area contributed by atoms with Crippen LogP contribution in [0.3, 0.4) is 0 Å². The molecule has 0 saturated carbocycles. The van der Waals surface area contributed by atoms with Gasteiger partial charge in [0.2, 0.25) is 11.8 Å². The number of amides is 3. The molecule has 4 bridgehead atoms. The number of aryl methyl sites for hydroxylation is 1. The second-order valence-electron chi connectivity index (χ2n) is 11.3. The number of carbonyl (C=O) groups is 3. The van der Waals surface area contributed by atoms with Crippen LogP contribution in [-0.4, -0.2) is 93.8 Å². The fourth-order valence-electron chi connectivity index (χ4n) is 5.66. The van der Waals surface area contributed by atoms with Crippen molar-refractivity contribution in [3.63, 3.8) is 0 Å². The highest BCUT2D eigenvalue weighted by Crippen LogP contribution is 2.33. The number of methoxy groups -OCH3 is 3. The summed E-state index contributed by atoms with van der Waals surface area (Å²) in [4.78, 5) is 43.4. The standard InChI is InChI=1S/C34H41N3O9/c1-41-17-5-15-36-21-31(38)35-26-20-37(34(40)29-11-13-33(43-3)46-29)16-14-27(26)44-22-24-6-4-7-25(18-24)45-28-10-8-23(9-12-32(36)39)19-30(28)42-2/h4,6-8,10-11,13,18-19,26-27H,5,9,12,14-17,20-22H2,1-3H3,(H,35,38)/t26-,27+/m0/s1. The molecule has 1 aromatic heterocycles. The summed E-state index contributed by atoms with van der Waals surface area (Å²) in [5.41, 5.74) is 1.79. The molecule has 0 radical (unpaired) electrons. The van der Waals surface area contributed by atoms with E-state index in [1.165, 1.54) is 7.11 Å². The first-order chi connectivity index (χ1) is 22.4. The number of rotatable bonds is 7. The highest BCUT2D eigenvalue weighted by molar-refractivity contribution is 5.92. The third-order valence-corrected chi connectivity index (χ3v) is 8.09. The van der Waals surface area contributed by atoms with E-state index in [1.807, 2.05) is 42.5 Å². The zero-order chi connectivity index (χ0) is 32.5. The first-order valence-electron chi connectivity index (χ1n) is 15.4. The first-order valence-corrected chi connectivity index (χ1v) is 15.4. The SMILES string of the molecule is COCCCN1CC(=O)N[C@H]2CN(C(=O)c3ccc(OC)o3)CC[C@H]2OCc2cccc(c2)Oc2ccc(cc2OC)CCC1=O.